The molecule has 1 atom stereocenters. The molecule has 0 spiro atoms. The second kappa shape index (κ2) is 13.0. The van der Waals surface area contributed by atoms with E-state index in [0.717, 1.165) is 11.4 Å². The Balaban J connectivity index is 1.65. The van der Waals surface area contributed by atoms with Crippen LogP contribution in [0.5, 0.6) is 5.75 Å². The number of halogens is 1. The van der Waals surface area contributed by atoms with Gasteiger partial charge < -0.3 is 23.5 Å². The number of para-hydroxylation sites is 1. The maximum atomic E-state index is 13.9. The lowest BCUT2D eigenvalue weighted by Crippen LogP contribution is -2.50. The lowest BCUT2D eigenvalue weighted by atomic mass is 10.1. The number of furan rings is 1. The minimum absolute atomic E-state index is 0.0187. The van der Waals surface area contributed by atoms with E-state index in [-0.39, 0.29) is 35.6 Å². The molecule has 0 N–H and O–H groups in total. The number of ether oxygens (including phenoxy) is 3. The average molecular weight is 587 g/mol. The summed E-state index contributed by atoms with van der Waals surface area (Å²) >= 11 is 5.87. The van der Waals surface area contributed by atoms with Crippen LogP contribution in [0.15, 0.2) is 70.0 Å². The second-order valence-electron chi connectivity index (χ2n) is 8.49. The van der Waals surface area contributed by atoms with Crippen LogP contribution in [0.1, 0.15) is 23.0 Å². The summed E-state index contributed by atoms with van der Waals surface area (Å²) in [6, 6.07) is 14.1. The number of hydrogen-bond acceptors (Lipinski definition) is 8. The highest BCUT2D eigenvalue weighted by Gasteiger charge is 2.42. The van der Waals surface area contributed by atoms with Crippen LogP contribution in [0.3, 0.4) is 0 Å². The number of amides is 1. The normalized spacial score (nSPS) is 15.4. The van der Waals surface area contributed by atoms with Gasteiger partial charge in [-0.3, -0.25) is 9.59 Å². The summed E-state index contributed by atoms with van der Waals surface area (Å²) in [4.78, 5) is 27.6. The van der Waals surface area contributed by atoms with E-state index in [4.69, 9.17) is 30.2 Å². The van der Waals surface area contributed by atoms with Crippen molar-refractivity contribution >= 4 is 39.2 Å². The Labute approximate surface area is 237 Å². The van der Waals surface area contributed by atoms with Gasteiger partial charge in [0.25, 0.3) is 5.91 Å². The van der Waals surface area contributed by atoms with Gasteiger partial charge in [0.1, 0.15) is 25.0 Å². The molecule has 2 aromatic carbocycles. The van der Waals surface area contributed by atoms with Crippen molar-refractivity contribution in [2.24, 2.45) is 0 Å². The zero-order valence-electron chi connectivity index (χ0n) is 21.8. The van der Waals surface area contributed by atoms with Gasteiger partial charge in [0.2, 0.25) is 10.0 Å². The lowest BCUT2D eigenvalue weighted by molar-refractivity contribution is -0.144. The largest absolute Gasteiger partial charge is 0.481 e. The van der Waals surface area contributed by atoms with Crippen LogP contribution in [-0.2, 0) is 30.8 Å². The molecule has 1 aliphatic heterocycles. The van der Waals surface area contributed by atoms with Gasteiger partial charge in [0.15, 0.2) is 11.0 Å². The smallest absolute Gasteiger partial charge is 0.326 e. The predicted molar refractivity (Wildman–Crippen MR) is 147 cm³/mol. The van der Waals surface area contributed by atoms with Crippen molar-refractivity contribution in [3.05, 3.63) is 77.2 Å². The van der Waals surface area contributed by atoms with Gasteiger partial charge in [-0.15, -0.1) is 0 Å². The van der Waals surface area contributed by atoms with Crippen LogP contribution in [-0.4, -0.2) is 64.1 Å². The number of anilines is 1. The molecule has 1 amide bonds. The minimum Gasteiger partial charge on any atom is -0.481 e. The first kappa shape index (κ1) is 29.2. The molecule has 1 unspecified atom stereocenters. The molecule has 1 aromatic heterocycles. The molecule has 0 fully saturated rings. The zero-order valence-corrected chi connectivity index (χ0v) is 23.4. The molecule has 40 heavy (non-hydrogen) atoms. The highest BCUT2D eigenvalue weighted by atomic mass is 35.5. The highest BCUT2D eigenvalue weighted by Crippen LogP contribution is 2.33. The number of carbonyl (C=O) groups is 2. The van der Waals surface area contributed by atoms with E-state index in [9.17, 15) is 18.0 Å². The van der Waals surface area contributed by atoms with Crippen molar-refractivity contribution in [3.63, 3.8) is 0 Å². The third-order valence-electron chi connectivity index (χ3n) is 6.06. The Morgan fingerprint density at radius 1 is 1.05 bits per heavy atom. The fraction of sp³-hybridized carbons (Fsp3) is 0.286. The molecule has 0 saturated heterocycles. The van der Waals surface area contributed by atoms with Gasteiger partial charge >= 0.3 is 5.97 Å². The number of methoxy groups -OCH3 is 1. The quantitative estimate of drug-likeness (QED) is 0.223. The van der Waals surface area contributed by atoms with Crippen molar-refractivity contribution in [1.82, 2.24) is 4.31 Å². The molecule has 10 nitrogen and oxygen atoms in total. The van der Waals surface area contributed by atoms with Crippen molar-refractivity contribution in [3.8, 4) is 17.6 Å². The number of nitrogens with zero attached hydrogens (tertiary/aromatic N) is 2. The maximum absolute atomic E-state index is 13.9. The minimum atomic E-state index is -4.24. The topological polar surface area (TPSA) is 116 Å². The molecule has 0 radical (unpaired) electrons. The van der Waals surface area contributed by atoms with Gasteiger partial charge in [-0.25, -0.2) is 8.42 Å². The number of rotatable bonds is 8. The number of hydrogen-bond donors (Lipinski definition) is 0. The number of esters is 1. The van der Waals surface area contributed by atoms with Crippen molar-refractivity contribution in [2.75, 3.05) is 38.4 Å². The maximum Gasteiger partial charge on any atom is 0.326 e. The summed E-state index contributed by atoms with van der Waals surface area (Å²) < 4.78 is 49.8. The molecule has 4 rings (SSSR count). The molecule has 12 heteroatoms. The second-order valence-corrected chi connectivity index (χ2v) is 10.8. The van der Waals surface area contributed by atoms with Gasteiger partial charge in [0, 0.05) is 18.8 Å². The van der Waals surface area contributed by atoms with Crippen molar-refractivity contribution in [1.29, 1.82) is 0 Å². The molecule has 0 bridgehead atoms. The van der Waals surface area contributed by atoms with Crippen LogP contribution < -0.4 is 9.64 Å². The number of carbonyl (C=O) groups excluding carboxylic acids is 2. The molecule has 0 saturated carbocycles. The van der Waals surface area contributed by atoms with E-state index in [0.29, 0.717) is 30.2 Å². The monoisotopic (exact) mass is 586 g/mol. The third-order valence-corrected chi connectivity index (χ3v) is 8.13. The van der Waals surface area contributed by atoms with Crippen LogP contribution >= 0.6 is 11.6 Å². The van der Waals surface area contributed by atoms with E-state index in [1.807, 2.05) is 6.92 Å². The lowest BCUT2D eigenvalue weighted by Gasteiger charge is -2.29. The summed E-state index contributed by atoms with van der Waals surface area (Å²) in [5.74, 6) is 4.58. The number of benzene rings is 2. The number of fused-ring (bicyclic) bond motifs is 1. The van der Waals surface area contributed by atoms with E-state index in [1.54, 1.807) is 24.3 Å². The summed E-state index contributed by atoms with van der Waals surface area (Å²) in [6.45, 7) is 2.35. The Morgan fingerprint density at radius 3 is 2.45 bits per heavy atom. The van der Waals surface area contributed by atoms with Crippen LogP contribution in [0, 0.1) is 11.8 Å². The molecule has 210 valence electrons. The van der Waals surface area contributed by atoms with Crippen molar-refractivity contribution in [2.45, 2.75) is 24.4 Å². The van der Waals surface area contributed by atoms with E-state index >= 15 is 0 Å². The standard InChI is InChI=1S/C28H27ClN2O8S/c1-3-37-16-6-7-17-38-21-10-12-22(13-11-21)40(34,35)31-18-20-8-4-5-9-23(20)30(19-24(31)28(33)36-2)27(32)25-14-15-26(29)39-25/h4-5,8-15,24H,3,16-19H2,1-2H3. The summed E-state index contributed by atoms with van der Waals surface area (Å²) in [5.41, 5.74) is 0.940. The molecule has 1 aliphatic rings. The zero-order chi connectivity index (χ0) is 28.7. The molecule has 0 aliphatic carbocycles. The Bertz CT molecular complexity index is 1530. The first-order chi connectivity index (χ1) is 19.3. The van der Waals surface area contributed by atoms with E-state index in [1.165, 1.54) is 41.3 Å². The fourth-order valence-corrected chi connectivity index (χ4v) is 5.80. The third kappa shape index (κ3) is 6.48. The summed E-state index contributed by atoms with van der Waals surface area (Å²) in [5, 5.41) is 0.0187. The van der Waals surface area contributed by atoms with Gasteiger partial charge in [0.05, 0.1) is 18.6 Å². The summed E-state index contributed by atoms with van der Waals surface area (Å²) in [7, 11) is -3.08. The molecule has 3 aromatic rings. The first-order valence-corrected chi connectivity index (χ1v) is 14.1. The Hall–Kier alpha value is -3.82. The molecular weight excluding hydrogens is 560 g/mol. The Kier molecular flexibility index (Phi) is 9.50. The summed E-state index contributed by atoms with van der Waals surface area (Å²) in [6.07, 6.45) is 0. The van der Waals surface area contributed by atoms with E-state index < -0.39 is 27.9 Å². The van der Waals surface area contributed by atoms with Crippen LogP contribution in [0.25, 0.3) is 0 Å². The van der Waals surface area contributed by atoms with Gasteiger partial charge in [-0.05, 0) is 66.6 Å². The van der Waals surface area contributed by atoms with Gasteiger partial charge in [-0.2, -0.15) is 4.31 Å². The van der Waals surface area contributed by atoms with E-state index in [2.05, 4.69) is 11.8 Å². The highest BCUT2D eigenvalue weighted by molar-refractivity contribution is 7.89. The Morgan fingerprint density at radius 2 is 1.77 bits per heavy atom. The SMILES string of the molecule is CCOCC#CCOc1ccc(S(=O)(=O)N2Cc3ccccc3N(C(=O)c3ccc(Cl)o3)CC2C(=O)OC)cc1. The van der Waals surface area contributed by atoms with Gasteiger partial charge in [-0.1, -0.05) is 30.0 Å². The molecular formula is C28H27ClN2O8S. The van der Waals surface area contributed by atoms with Crippen molar-refractivity contribution < 1.29 is 36.6 Å². The van der Waals surface area contributed by atoms with Crippen LogP contribution in [0.4, 0.5) is 5.69 Å². The number of sulfonamides is 1. The first-order valence-electron chi connectivity index (χ1n) is 12.3. The molecule has 2 heterocycles. The average Bonchev–Trinajstić information content (AvgIpc) is 3.32. The van der Waals surface area contributed by atoms with Crippen LogP contribution in [0.2, 0.25) is 5.22 Å². The predicted octanol–water partition coefficient (Wildman–Crippen LogP) is 3.74. The fourth-order valence-electron chi connectivity index (χ4n) is 4.10.